The van der Waals surface area contributed by atoms with Crippen molar-refractivity contribution in [3.63, 3.8) is 0 Å². The van der Waals surface area contributed by atoms with E-state index in [1.807, 2.05) is 36.6 Å². The number of benzene rings is 2. The van der Waals surface area contributed by atoms with Gasteiger partial charge in [0.2, 0.25) is 5.82 Å². The first-order chi connectivity index (χ1) is 13.1. The number of thiophene rings is 1. The normalized spacial score (nSPS) is 10.7. The first kappa shape index (κ1) is 17.1. The molecule has 0 aliphatic carbocycles. The standard InChI is InChI=1S/C20H14FN3O2S/c1-12-5-7-13(8-6-12)18-23-20(26-24-18)17-16(9-10-27-17)22-19(25)14-3-2-4-15(21)11-14/h2-11H,1H3,(H,22,25). The van der Waals surface area contributed by atoms with Crippen LogP contribution in [0.25, 0.3) is 22.2 Å². The van der Waals surface area contributed by atoms with Crippen LogP contribution in [0, 0.1) is 12.7 Å². The molecule has 0 unspecified atom stereocenters. The van der Waals surface area contributed by atoms with Gasteiger partial charge in [0.1, 0.15) is 10.7 Å². The molecular weight excluding hydrogens is 365 g/mol. The summed E-state index contributed by atoms with van der Waals surface area (Å²) in [5.41, 5.74) is 2.76. The Morgan fingerprint density at radius 1 is 1.15 bits per heavy atom. The maximum absolute atomic E-state index is 13.3. The van der Waals surface area contributed by atoms with Crippen molar-refractivity contribution in [1.29, 1.82) is 0 Å². The van der Waals surface area contributed by atoms with Crippen LogP contribution in [-0.2, 0) is 0 Å². The van der Waals surface area contributed by atoms with Crippen molar-refractivity contribution in [2.45, 2.75) is 6.92 Å². The monoisotopic (exact) mass is 379 g/mol. The molecule has 134 valence electrons. The molecule has 2 aromatic heterocycles. The second-order valence-corrected chi connectivity index (χ2v) is 6.83. The maximum atomic E-state index is 13.3. The summed E-state index contributed by atoms with van der Waals surface area (Å²) in [5, 5.41) is 8.60. The van der Waals surface area contributed by atoms with Crippen molar-refractivity contribution >= 4 is 22.9 Å². The maximum Gasteiger partial charge on any atom is 0.270 e. The van der Waals surface area contributed by atoms with E-state index in [4.69, 9.17) is 4.52 Å². The number of aryl methyl sites for hydroxylation is 1. The Labute approximate surface area is 158 Å². The molecule has 4 rings (SSSR count). The third kappa shape index (κ3) is 3.63. The Balaban J connectivity index is 1.59. The van der Waals surface area contributed by atoms with Crippen molar-refractivity contribution in [3.8, 4) is 22.2 Å². The van der Waals surface area contributed by atoms with Gasteiger partial charge in [-0.25, -0.2) is 4.39 Å². The predicted octanol–water partition coefficient (Wildman–Crippen LogP) is 5.16. The third-order valence-corrected chi connectivity index (χ3v) is 4.83. The van der Waals surface area contributed by atoms with Crippen LogP contribution in [-0.4, -0.2) is 16.0 Å². The smallest absolute Gasteiger partial charge is 0.270 e. The molecular formula is C20H14FN3O2S. The first-order valence-corrected chi connectivity index (χ1v) is 9.03. The first-order valence-electron chi connectivity index (χ1n) is 8.16. The van der Waals surface area contributed by atoms with E-state index in [2.05, 4.69) is 15.5 Å². The van der Waals surface area contributed by atoms with E-state index >= 15 is 0 Å². The molecule has 0 spiro atoms. The molecule has 0 aliphatic rings. The largest absolute Gasteiger partial charge is 0.333 e. The van der Waals surface area contributed by atoms with E-state index in [1.165, 1.54) is 29.5 Å². The van der Waals surface area contributed by atoms with Crippen LogP contribution in [0.3, 0.4) is 0 Å². The van der Waals surface area contributed by atoms with Crippen LogP contribution in [0.2, 0.25) is 0 Å². The summed E-state index contributed by atoms with van der Waals surface area (Å²) in [7, 11) is 0. The number of amides is 1. The molecule has 7 heteroatoms. The number of hydrogen-bond donors (Lipinski definition) is 1. The molecule has 4 aromatic rings. The molecule has 0 aliphatic heterocycles. The van der Waals surface area contributed by atoms with Gasteiger partial charge in [0.05, 0.1) is 5.69 Å². The van der Waals surface area contributed by atoms with Crippen LogP contribution in [0.1, 0.15) is 15.9 Å². The fourth-order valence-corrected chi connectivity index (χ4v) is 3.30. The van der Waals surface area contributed by atoms with Crippen LogP contribution >= 0.6 is 11.3 Å². The Morgan fingerprint density at radius 3 is 2.74 bits per heavy atom. The minimum atomic E-state index is -0.465. The van der Waals surface area contributed by atoms with E-state index in [0.29, 0.717) is 22.3 Å². The highest BCUT2D eigenvalue weighted by atomic mass is 32.1. The molecule has 5 nitrogen and oxygen atoms in total. The number of rotatable bonds is 4. The van der Waals surface area contributed by atoms with Gasteiger partial charge >= 0.3 is 0 Å². The van der Waals surface area contributed by atoms with Crippen LogP contribution < -0.4 is 5.32 Å². The van der Waals surface area contributed by atoms with E-state index in [-0.39, 0.29) is 5.56 Å². The Hall–Kier alpha value is -3.32. The zero-order valence-corrected chi connectivity index (χ0v) is 15.1. The molecule has 1 N–H and O–H groups in total. The van der Waals surface area contributed by atoms with Crippen LogP contribution in [0.5, 0.6) is 0 Å². The summed E-state index contributed by atoms with van der Waals surface area (Å²) < 4.78 is 18.7. The lowest BCUT2D eigenvalue weighted by molar-refractivity contribution is 0.102. The number of halogens is 1. The summed E-state index contributed by atoms with van der Waals surface area (Å²) >= 11 is 1.37. The zero-order valence-electron chi connectivity index (χ0n) is 14.3. The molecule has 2 heterocycles. The SMILES string of the molecule is Cc1ccc(-c2noc(-c3sccc3NC(=O)c3cccc(F)c3)n2)cc1. The van der Waals surface area contributed by atoms with Gasteiger partial charge in [-0.2, -0.15) is 4.98 Å². The molecule has 0 fully saturated rings. The molecule has 0 saturated carbocycles. The van der Waals surface area contributed by atoms with Gasteiger partial charge in [0, 0.05) is 11.1 Å². The predicted molar refractivity (Wildman–Crippen MR) is 102 cm³/mol. The van der Waals surface area contributed by atoms with Gasteiger partial charge in [0.15, 0.2) is 0 Å². The summed E-state index contributed by atoms with van der Waals surface area (Å²) in [6.45, 7) is 2.00. The minimum absolute atomic E-state index is 0.234. The van der Waals surface area contributed by atoms with Crippen molar-refractivity contribution < 1.29 is 13.7 Å². The molecule has 0 saturated heterocycles. The summed E-state index contributed by atoms with van der Waals surface area (Å²) in [6.07, 6.45) is 0. The van der Waals surface area contributed by atoms with Crippen molar-refractivity contribution in [2.24, 2.45) is 0 Å². The van der Waals surface area contributed by atoms with Crippen molar-refractivity contribution in [1.82, 2.24) is 10.1 Å². The summed E-state index contributed by atoms with van der Waals surface area (Å²) in [4.78, 5) is 17.4. The number of carbonyl (C=O) groups is 1. The van der Waals surface area contributed by atoms with E-state index in [0.717, 1.165) is 11.1 Å². The highest BCUT2D eigenvalue weighted by Gasteiger charge is 2.18. The number of nitrogens with zero attached hydrogens (tertiary/aromatic N) is 2. The van der Waals surface area contributed by atoms with Gasteiger partial charge in [-0.15, -0.1) is 11.3 Å². The minimum Gasteiger partial charge on any atom is -0.333 e. The average Bonchev–Trinajstić information content (AvgIpc) is 3.31. The number of nitrogens with one attached hydrogen (secondary N) is 1. The lowest BCUT2D eigenvalue weighted by Crippen LogP contribution is -2.12. The topological polar surface area (TPSA) is 68.0 Å². The number of carbonyl (C=O) groups excluding carboxylic acids is 1. The Bertz CT molecular complexity index is 1100. The quantitative estimate of drug-likeness (QED) is 0.531. The van der Waals surface area contributed by atoms with Gasteiger partial charge < -0.3 is 9.84 Å². The molecule has 0 radical (unpaired) electrons. The molecule has 2 aromatic carbocycles. The summed E-state index contributed by atoms with van der Waals surface area (Å²) in [6, 6.07) is 15.0. The van der Waals surface area contributed by atoms with Crippen molar-refractivity contribution in [3.05, 3.63) is 76.9 Å². The third-order valence-electron chi connectivity index (χ3n) is 3.93. The Kier molecular flexibility index (Phi) is 4.52. The van der Waals surface area contributed by atoms with E-state index in [1.54, 1.807) is 12.1 Å². The highest BCUT2D eigenvalue weighted by Crippen LogP contribution is 2.34. The van der Waals surface area contributed by atoms with Gasteiger partial charge in [0.25, 0.3) is 11.8 Å². The number of anilines is 1. The van der Waals surface area contributed by atoms with Gasteiger partial charge in [-0.1, -0.05) is 41.1 Å². The highest BCUT2D eigenvalue weighted by molar-refractivity contribution is 7.14. The average molecular weight is 379 g/mol. The fourth-order valence-electron chi connectivity index (χ4n) is 2.53. The van der Waals surface area contributed by atoms with E-state index in [9.17, 15) is 9.18 Å². The molecule has 0 bridgehead atoms. The van der Waals surface area contributed by atoms with Crippen LogP contribution in [0.15, 0.2) is 64.5 Å². The zero-order chi connectivity index (χ0) is 18.8. The number of aromatic nitrogens is 2. The molecule has 0 atom stereocenters. The lowest BCUT2D eigenvalue weighted by Gasteiger charge is -2.04. The Morgan fingerprint density at radius 2 is 1.96 bits per heavy atom. The fraction of sp³-hybridized carbons (Fsp3) is 0.0500. The summed E-state index contributed by atoms with van der Waals surface area (Å²) in [5.74, 6) is -0.0869. The second-order valence-electron chi connectivity index (χ2n) is 5.92. The van der Waals surface area contributed by atoms with Gasteiger partial charge in [-0.3, -0.25) is 4.79 Å². The van der Waals surface area contributed by atoms with Crippen molar-refractivity contribution in [2.75, 3.05) is 5.32 Å². The molecule has 27 heavy (non-hydrogen) atoms. The van der Waals surface area contributed by atoms with Gasteiger partial charge in [-0.05, 0) is 36.6 Å². The molecule has 1 amide bonds. The lowest BCUT2D eigenvalue weighted by atomic mass is 10.1. The van der Waals surface area contributed by atoms with E-state index < -0.39 is 11.7 Å². The van der Waals surface area contributed by atoms with Crippen LogP contribution in [0.4, 0.5) is 10.1 Å². The second kappa shape index (κ2) is 7.13. The number of hydrogen-bond acceptors (Lipinski definition) is 5.